The van der Waals surface area contributed by atoms with Crippen LogP contribution < -0.4 is 0 Å². The molecular weight excluding hydrogens is 806 g/mol. The fraction of sp³-hybridized carbons (Fsp3) is 0.261. The first kappa shape index (κ1) is 36.3. The second kappa shape index (κ2) is 13.2. The first-order chi connectivity index (χ1) is 23.6. The monoisotopic (exact) mass is 851 g/mol. The molecule has 0 aliphatic rings. The largest absolute Gasteiger partial charge is 0.507 e. The molecule has 0 aliphatic carbocycles. The number of para-hydroxylation sites is 2. The first-order valence-electron chi connectivity index (χ1n) is 17.5. The molecule has 0 fully saturated rings. The van der Waals surface area contributed by atoms with Gasteiger partial charge in [-0.3, -0.25) is 9.55 Å². The quantitative estimate of drug-likeness (QED) is 0.180. The van der Waals surface area contributed by atoms with Gasteiger partial charge in [-0.25, -0.2) is 4.98 Å². The number of hydrogen-bond donors (Lipinski definition) is 1. The van der Waals surface area contributed by atoms with Gasteiger partial charge in [-0.1, -0.05) is 122 Å². The molecule has 0 amide bonds. The molecule has 0 radical (unpaired) electrons. The number of nitrogens with zero attached hydrogens (tertiary/aromatic N) is 3. The van der Waals surface area contributed by atoms with Crippen LogP contribution in [0.25, 0.3) is 61.3 Å². The molecule has 7 aromatic rings. The Morgan fingerprint density at radius 3 is 1.86 bits per heavy atom. The van der Waals surface area contributed by atoms with Crippen molar-refractivity contribution >= 4 is 21.9 Å². The van der Waals surface area contributed by atoms with E-state index in [1.165, 1.54) is 22.1 Å². The van der Waals surface area contributed by atoms with Gasteiger partial charge in [0.2, 0.25) is 0 Å². The minimum absolute atomic E-state index is 0. The van der Waals surface area contributed by atoms with E-state index in [1.54, 1.807) is 6.07 Å². The third-order valence-electron chi connectivity index (χ3n) is 9.72. The maximum Gasteiger partial charge on any atom is 0.148 e. The van der Waals surface area contributed by atoms with Crippen molar-refractivity contribution in [1.82, 2.24) is 14.5 Å². The molecule has 5 heteroatoms. The SMILES string of the molecule is CC(C)(C)c1ccc(-n2c(-c3ccccc3O)nc3c(-c4[c-]c(-c5cc(C(C)(C)C)cc6c(C(C)(C)C)ccnc56)ccc4)cccc32)cc1.[Pt]. The summed E-state index contributed by atoms with van der Waals surface area (Å²) in [5.74, 6) is 0.881. The number of fused-ring (bicyclic) bond motifs is 2. The molecule has 0 aliphatic heterocycles. The summed E-state index contributed by atoms with van der Waals surface area (Å²) < 4.78 is 2.16. The van der Waals surface area contributed by atoms with Crippen LogP contribution in [0.3, 0.4) is 0 Å². The molecule has 0 saturated carbocycles. The second-order valence-electron chi connectivity index (χ2n) is 16.5. The molecule has 2 heterocycles. The zero-order chi connectivity index (χ0) is 35.6. The average molecular weight is 852 g/mol. The zero-order valence-corrected chi connectivity index (χ0v) is 33.3. The molecule has 0 bridgehead atoms. The molecule has 7 rings (SSSR count). The Bertz CT molecular complexity index is 2380. The maximum absolute atomic E-state index is 11.0. The van der Waals surface area contributed by atoms with E-state index in [1.807, 2.05) is 24.4 Å². The van der Waals surface area contributed by atoms with Crippen LogP contribution in [0, 0.1) is 6.07 Å². The Labute approximate surface area is 316 Å². The maximum atomic E-state index is 11.0. The van der Waals surface area contributed by atoms with Crippen molar-refractivity contribution in [2.24, 2.45) is 0 Å². The number of aromatic hydroxyl groups is 1. The summed E-state index contributed by atoms with van der Waals surface area (Å²) in [6.07, 6.45) is 1.94. The molecule has 5 aromatic carbocycles. The molecule has 1 N–H and O–H groups in total. The van der Waals surface area contributed by atoms with E-state index in [9.17, 15) is 5.11 Å². The molecule has 0 unspecified atom stereocenters. The van der Waals surface area contributed by atoms with E-state index in [4.69, 9.17) is 9.97 Å². The van der Waals surface area contributed by atoms with E-state index in [0.717, 1.165) is 44.5 Å². The number of hydrogen-bond acceptors (Lipinski definition) is 3. The smallest absolute Gasteiger partial charge is 0.148 e. The van der Waals surface area contributed by atoms with Gasteiger partial charge in [0, 0.05) is 38.5 Å². The normalized spacial score (nSPS) is 12.3. The molecule has 51 heavy (non-hydrogen) atoms. The summed E-state index contributed by atoms with van der Waals surface area (Å²) in [7, 11) is 0. The topological polar surface area (TPSA) is 50.9 Å². The molecule has 0 atom stereocenters. The summed E-state index contributed by atoms with van der Waals surface area (Å²) in [4.78, 5) is 10.2. The van der Waals surface area contributed by atoms with Gasteiger partial charge < -0.3 is 5.11 Å². The number of pyridine rings is 1. The Balaban J connectivity index is 0.00000448. The van der Waals surface area contributed by atoms with Crippen LogP contribution in [0.15, 0.2) is 109 Å². The van der Waals surface area contributed by atoms with Gasteiger partial charge >= 0.3 is 0 Å². The zero-order valence-electron chi connectivity index (χ0n) is 31.0. The molecule has 0 saturated heterocycles. The first-order valence-corrected chi connectivity index (χ1v) is 17.5. The minimum atomic E-state index is -0.0472. The Hall–Kier alpha value is -4.53. The summed E-state index contributed by atoms with van der Waals surface area (Å²) in [6.45, 7) is 20.3. The average Bonchev–Trinajstić information content (AvgIpc) is 3.46. The second-order valence-corrected chi connectivity index (χ2v) is 16.5. The molecular formula is C46H46N3OPt-. The van der Waals surface area contributed by atoms with E-state index in [2.05, 4.69) is 152 Å². The van der Waals surface area contributed by atoms with Crippen LogP contribution in [0.2, 0.25) is 0 Å². The van der Waals surface area contributed by atoms with Gasteiger partial charge in [-0.15, -0.1) is 35.4 Å². The van der Waals surface area contributed by atoms with E-state index >= 15 is 0 Å². The van der Waals surface area contributed by atoms with E-state index in [0.29, 0.717) is 11.4 Å². The van der Waals surface area contributed by atoms with Crippen molar-refractivity contribution in [3.05, 3.63) is 132 Å². The number of phenolic OH excluding ortho intramolecular Hbond substituents is 1. The summed E-state index contributed by atoms with van der Waals surface area (Å²) in [5.41, 5.74) is 12.2. The van der Waals surface area contributed by atoms with Crippen molar-refractivity contribution in [2.75, 3.05) is 0 Å². The fourth-order valence-electron chi connectivity index (χ4n) is 6.86. The van der Waals surface area contributed by atoms with Gasteiger partial charge in [0.1, 0.15) is 11.6 Å². The fourth-order valence-corrected chi connectivity index (χ4v) is 6.86. The third kappa shape index (κ3) is 6.79. The predicted octanol–water partition coefficient (Wildman–Crippen LogP) is 12.0. The van der Waals surface area contributed by atoms with Crippen molar-refractivity contribution in [2.45, 2.75) is 78.6 Å². The molecule has 0 spiro atoms. The Kier molecular flexibility index (Phi) is 9.40. The number of phenols is 1. The number of imidazole rings is 1. The predicted molar refractivity (Wildman–Crippen MR) is 209 cm³/mol. The van der Waals surface area contributed by atoms with Crippen molar-refractivity contribution < 1.29 is 26.2 Å². The van der Waals surface area contributed by atoms with Gasteiger partial charge in [-0.2, -0.15) is 0 Å². The summed E-state index contributed by atoms with van der Waals surface area (Å²) in [5, 5.41) is 12.2. The van der Waals surface area contributed by atoms with Crippen LogP contribution in [-0.4, -0.2) is 19.6 Å². The Morgan fingerprint density at radius 2 is 1.22 bits per heavy atom. The van der Waals surface area contributed by atoms with Crippen molar-refractivity contribution in [1.29, 1.82) is 0 Å². The molecule has 4 nitrogen and oxygen atoms in total. The van der Waals surface area contributed by atoms with Crippen LogP contribution in [0.5, 0.6) is 5.75 Å². The van der Waals surface area contributed by atoms with Gasteiger partial charge in [0.15, 0.2) is 0 Å². The number of rotatable bonds is 4. The van der Waals surface area contributed by atoms with Crippen LogP contribution in [0.4, 0.5) is 0 Å². The van der Waals surface area contributed by atoms with Crippen molar-refractivity contribution in [3.63, 3.8) is 0 Å². The summed E-state index contributed by atoms with van der Waals surface area (Å²) >= 11 is 0. The van der Waals surface area contributed by atoms with Gasteiger partial charge in [-0.05, 0) is 74.7 Å². The number of aromatic nitrogens is 3. The standard InChI is InChI=1S/C46H46N3O.Pt/c1-44(2,3)31-20-22-33(23-21-31)49-39-18-13-17-34(42(39)48-43(49)35-16-10-11-19-40(35)50)29-14-12-15-30(26-29)36-27-32(45(4,5)6)28-37-38(46(7,8)9)24-25-47-41(36)37;/h10-25,27-28,50H,1-9H3;/q-1;. The van der Waals surface area contributed by atoms with Crippen LogP contribution in [-0.2, 0) is 37.3 Å². The summed E-state index contributed by atoms with van der Waals surface area (Å²) in [6, 6.07) is 39.3. The van der Waals surface area contributed by atoms with E-state index < -0.39 is 0 Å². The minimum Gasteiger partial charge on any atom is -0.507 e. The van der Waals surface area contributed by atoms with Crippen molar-refractivity contribution in [3.8, 4) is 45.1 Å². The Morgan fingerprint density at radius 1 is 0.588 bits per heavy atom. The van der Waals surface area contributed by atoms with Gasteiger partial charge in [0.25, 0.3) is 0 Å². The van der Waals surface area contributed by atoms with Crippen LogP contribution in [0.1, 0.15) is 79.0 Å². The number of benzene rings is 5. The van der Waals surface area contributed by atoms with Gasteiger partial charge in [0.05, 0.1) is 16.6 Å². The molecule has 2 aromatic heterocycles. The van der Waals surface area contributed by atoms with Crippen LogP contribution >= 0.6 is 0 Å². The van der Waals surface area contributed by atoms with E-state index in [-0.39, 0.29) is 43.1 Å². The molecule has 262 valence electrons. The third-order valence-corrected chi connectivity index (χ3v) is 9.72.